The van der Waals surface area contributed by atoms with Crippen LogP contribution in [0, 0.1) is 13.8 Å². The maximum atomic E-state index is 11.8. The Labute approximate surface area is 103 Å². The number of urea groups is 1. The quantitative estimate of drug-likeness (QED) is 0.806. The normalized spacial score (nSPS) is 15.9. The second-order valence-electron chi connectivity index (χ2n) is 4.83. The van der Waals surface area contributed by atoms with Crippen LogP contribution in [-0.4, -0.2) is 12.1 Å². The molecule has 0 spiro atoms. The Hall–Kier alpha value is -1.51. The predicted octanol–water partition coefficient (Wildman–Crippen LogP) is 3.37. The van der Waals surface area contributed by atoms with Gasteiger partial charge in [-0.3, -0.25) is 0 Å². The van der Waals surface area contributed by atoms with Crippen molar-refractivity contribution in [3.05, 3.63) is 29.3 Å². The zero-order valence-electron chi connectivity index (χ0n) is 10.5. The highest BCUT2D eigenvalue weighted by molar-refractivity contribution is 5.90. The molecule has 0 unspecified atom stereocenters. The van der Waals surface area contributed by atoms with Crippen molar-refractivity contribution in [2.45, 2.75) is 45.6 Å². The van der Waals surface area contributed by atoms with E-state index >= 15 is 0 Å². The molecule has 1 aromatic rings. The van der Waals surface area contributed by atoms with Gasteiger partial charge in [0.1, 0.15) is 0 Å². The Bertz CT molecular complexity index is 409. The van der Waals surface area contributed by atoms with Crippen molar-refractivity contribution in [1.82, 2.24) is 5.32 Å². The second-order valence-corrected chi connectivity index (χ2v) is 4.83. The Kier molecular flexibility index (Phi) is 3.67. The van der Waals surface area contributed by atoms with Gasteiger partial charge in [-0.25, -0.2) is 4.79 Å². The first kappa shape index (κ1) is 12.0. The summed E-state index contributed by atoms with van der Waals surface area (Å²) in [5, 5.41) is 5.95. The van der Waals surface area contributed by atoms with E-state index in [9.17, 15) is 4.79 Å². The number of nitrogens with one attached hydrogen (secondary N) is 2. The van der Waals surface area contributed by atoms with Crippen LogP contribution in [0.5, 0.6) is 0 Å². The van der Waals surface area contributed by atoms with E-state index in [1.54, 1.807) is 0 Å². The summed E-state index contributed by atoms with van der Waals surface area (Å²) < 4.78 is 0. The molecule has 0 aliphatic heterocycles. The fourth-order valence-corrected chi connectivity index (χ4v) is 2.30. The van der Waals surface area contributed by atoms with Crippen LogP contribution < -0.4 is 10.6 Å². The van der Waals surface area contributed by atoms with Crippen molar-refractivity contribution in [1.29, 1.82) is 0 Å². The molecule has 1 aliphatic rings. The van der Waals surface area contributed by atoms with E-state index in [1.165, 1.54) is 18.4 Å². The monoisotopic (exact) mass is 232 g/mol. The van der Waals surface area contributed by atoms with E-state index in [4.69, 9.17) is 0 Å². The first-order valence-corrected chi connectivity index (χ1v) is 6.30. The van der Waals surface area contributed by atoms with Crippen molar-refractivity contribution >= 4 is 11.7 Å². The van der Waals surface area contributed by atoms with Crippen LogP contribution in [0.2, 0.25) is 0 Å². The van der Waals surface area contributed by atoms with Crippen LogP contribution >= 0.6 is 0 Å². The average molecular weight is 232 g/mol. The van der Waals surface area contributed by atoms with E-state index in [0.29, 0.717) is 6.04 Å². The number of rotatable bonds is 2. The van der Waals surface area contributed by atoms with Gasteiger partial charge >= 0.3 is 6.03 Å². The first-order valence-electron chi connectivity index (χ1n) is 6.30. The summed E-state index contributed by atoms with van der Waals surface area (Å²) >= 11 is 0. The Morgan fingerprint density at radius 2 is 1.94 bits per heavy atom. The van der Waals surface area contributed by atoms with Gasteiger partial charge in [0.15, 0.2) is 0 Å². The number of hydrogen-bond acceptors (Lipinski definition) is 1. The molecule has 0 bridgehead atoms. The van der Waals surface area contributed by atoms with Gasteiger partial charge in [0.2, 0.25) is 0 Å². The molecule has 1 aromatic carbocycles. The van der Waals surface area contributed by atoms with Crippen molar-refractivity contribution in [3.63, 3.8) is 0 Å². The minimum atomic E-state index is -0.0781. The van der Waals surface area contributed by atoms with Gasteiger partial charge in [0, 0.05) is 11.7 Å². The first-order chi connectivity index (χ1) is 8.16. The molecule has 0 saturated heterocycles. The average Bonchev–Trinajstić information content (AvgIpc) is 2.77. The van der Waals surface area contributed by atoms with Crippen LogP contribution in [0.1, 0.15) is 36.8 Å². The van der Waals surface area contributed by atoms with E-state index in [1.807, 2.05) is 19.1 Å². The highest BCUT2D eigenvalue weighted by Crippen LogP contribution is 2.19. The maximum Gasteiger partial charge on any atom is 0.319 e. The molecule has 3 nitrogen and oxygen atoms in total. The summed E-state index contributed by atoms with van der Waals surface area (Å²) in [6.45, 7) is 4.08. The number of aryl methyl sites for hydroxylation is 1. The van der Waals surface area contributed by atoms with Gasteiger partial charge in [0.05, 0.1) is 0 Å². The molecule has 2 N–H and O–H groups in total. The lowest BCUT2D eigenvalue weighted by Crippen LogP contribution is -2.36. The van der Waals surface area contributed by atoms with E-state index in [0.717, 1.165) is 24.1 Å². The second kappa shape index (κ2) is 5.21. The van der Waals surface area contributed by atoms with Crippen LogP contribution in [-0.2, 0) is 0 Å². The molecule has 1 saturated carbocycles. The van der Waals surface area contributed by atoms with Crippen molar-refractivity contribution in [2.24, 2.45) is 0 Å². The molecule has 0 atom stereocenters. The summed E-state index contributed by atoms with van der Waals surface area (Å²) in [4.78, 5) is 11.8. The lowest BCUT2D eigenvalue weighted by molar-refractivity contribution is 0.248. The lowest BCUT2D eigenvalue weighted by atomic mass is 10.1. The highest BCUT2D eigenvalue weighted by Gasteiger charge is 2.17. The van der Waals surface area contributed by atoms with Gasteiger partial charge in [-0.05, 0) is 43.9 Å². The molecule has 0 aromatic heterocycles. The molecular formula is C14H20N2O. The predicted molar refractivity (Wildman–Crippen MR) is 70.3 cm³/mol. The van der Waals surface area contributed by atoms with Gasteiger partial charge < -0.3 is 10.6 Å². The van der Waals surface area contributed by atoms with E-state index in [-0.39, 0.29) is 6.03 Å². The number of anilines is 1. The number of benzene rings is 1. The van der Waals surface area contributed by atoms with E-state index < -0.39 is 0 Å². The third-order valence-corrected chi connectivity index (χ3v) is 3.54. The fraction of sp³-hybridized carbons (Fsp3) is 0.500. The molecule has 92 valence electrons. The zero-order chi connectivity index (χ0) is 12.3. The molecule has 2 amide bonds. The largest absolute Gasteiger partial charge is 0.335 e. The molecule has 1 aliphatic carbocycles. The fourth-order valence-electron chi connectivity index (χ4n) is 2.30. The van der Waals surface area contributed by atoms with Gasteiger partial charge in [-0.1, -0.05) is 25.0 Å². The highest BCUT2D eigenvalue weighted by atomic mass is 16.2. The van der Waals surface area contributed by atoms with E-state index in [2.05, 4.69) is 23.6 Å². The molecule has 0 radical (unpaired) electrons. The van der Waals surface area contributed by atoms with Gasteiger partial charge in [-0.15, -0.1) is 0 Å². The molecule has 2 rings (SSSR count). The summed E-state index contributed by atoms with van der Waals surface area (Å²) in [7, 11) is 0. The topological polar surface area (TPSA) is 41.1 Å². The van der Waals surface area contributed by atoms with Gasteiger partial charge in [0.25, 0.3) is 0 Å². The number of carbonyl (C=O) groups is 1. The number of amides is 2. The molecule has 3 heteroatoms. The minimum Gasteiger partial charge on any atom is -0.335 e. The van der Waals surface area contributed by atoms with Crippen molar-refractivity contribution in [3.8, 4) is 0 Å². The van der Waals surface area contributed by atoms with Crippen molar-refractivity contribution in [2.75, 3.05) is 5.32 Å². The number of carbonyl (C=O) groups excluding carboxylic acids is 1. The molecule has 0 heterocycles. The standard InChI is InChI=1S/C14H20N2O/c1-10-6-5-9-13(11(10)2)16-14(17)15-12-7-3-4-8-12/h5-6,9,12H,3-4,7-8H2,1-2H3,(H2,15,16,17). The lowest BCUT2D eigenvalue weighted by Gasteiger charge is -2.14. The Balaban J connectivity index is 1.95. The third-order valence-electron chi connectivity index (χ3n) is 3.54. The summed E-state index contributed by atoms with van der Waals surface area (Å²) in [5.41, 5.74) is 3.23. The van der Waals surface area contributed by atoms with Crippen LogP contribution in [0.4, 0.5) is 10.5 Å². The molecule has 17 heavy (non-hydrogen) atoms. The van der Waals surface area contributed by atoms with Crippen LogP contribution in [0.15, 0.2) is 18.2 Å². The van der Waals surface area contributed by atoms with Crippen LogP contribution in [0.3, 0.4) is 0 Å². The van der Waals surface area contributed by atoms with Gasteiger partial charge in [-0.2, -0.15) is 0 Å². The smallest absolute Gasteiger partial charge is 0.319 e. The summed E-state index contributed by atoms with van der Waals surface area (Å²) in [6.07, 6.45) is 4.68. The Morgan fingerprint density at radius 3 is 2.65 bits per heavy atom. The minimum absolute atomic E-state index is 0.0781. The maximum absolute atomic E-state index is 11.8. The summed E-state index contributed by atoms with van der Waals surface area (Å²) in [5.74, 6) is 0. The summed E-state index contributed by atoms with van der Waals surface area (Å²) in [6, 6.07) is 6.24. The third kappa shape index (κ3) is 2.99. The SMILES string of the molecule is Cc1cccc(NC(=O)NC2CCCC2)c1C. The zero-order valence-corrected chi connectivity index (χ0v) is 10.5. The van der Waals surface area contributed by atoms with Crippen molar-refractivity contribution < 1.29 is 4.79 Å². The Morgan fingerprint density at radius 1 is 1.24 bits per heavy atom. The van der Waals surface area contributed by atoms with Crippen LogP contribution in [0.25, 0.3) is 0 Å². The number of hydrogen-bond donors (Lipinski definition) is 2. The molecule has 1 fully saturated rings. The molecular weight excluding hydrogens is 212 g/mol.